The zero-order valence-electron chi connectivity index (χ0n) is 8.09. The number of esters is 1. The lowest BCUT2D eigenvalue weighted by atomic mass is 10.2. The van der Waals surface area contributed by atoms with E-state index >= 15 is 0 Å². The number of benzene rings is 1. The number of rotatable bonds is 4. The van der Waals surface area contributed by atoms with Crippen molar-refractivity contribution in [2.75, 3.05) is 0 Å². The summed E-state index contributed by atoms with van der Waals surface area (Å²) < 4.78 is 4.87. The highest BCUT2D eigenvalue weighted by Gasteiger charge is 2.17. The van der Waals surface area contributed by atoms with Crippen LogP contribution < -0.4 is 0 Å². The van der Waals surface area contributed by atoms with E-state index in [0.29, 0.717) is 0 Å². The molecule has 0 unspecified atom stereocenters. The van der Waals surface area contributed by atoms with E-state index < -0.39 is 5.97 Å². The number of carbonyl (C=O) groups excluding carboxylic acids is 1. The average Bonchev–Trinajstić information content (AvgIpc) is 2.29. The van der Waals surface area contributed by atoms with E-state index in [1.165, 1.54) is 0 Å². The van der Waals surface area contributed by atoms with Gasteiger partial charge >= 0.3 is 11.7 Å². The molecule has 1 aromatic rings. The summed E-state index contributed by atoms with van der Waals surface area (Å²) in [5.41, 5.74) is 9.07. The maximum absolute atomic E-state index is 11.2. The smallest absolute Gasteiger partial charge is 0.421 e. The van der Waals surface area contributed by atoms with Crippen LogP contribution in [-0.4, -0.2) is 16.5 Å². The van der Waals surface area contributed by atoms with Crippen LogP contribution in [0.3, 0.4) is 0 Å². The molecule has 0 spiro atoms. The number of carbonyl (C=O) groups is 1. The molecule has 0 amide bonds. The van der Waals surface area contributed by atoms with Crippen LogP contribution >= 0.6 is 0 Å². The molecule has 0 saturated carbocycles. The summed E-state index contributed by atoms with van der Waals surface area (Å²) in [4.78, 5) is 13.9. The fraction of sp³-hybridized carbons (Fsp3) is 0.0909. The minimum Gasteiger partial charge on any atom is -0.452 e. The van der Waals surface area contributed by atoms with Gasteiger partial charge in [0.2, 0.25) is 0 Å². The first kappa shape index (κ1) is 10.9. The van der Waals surface area contributed by atoms with Gasteiger partial charge < -0.3 is 10.3 Å². The third-order valence-electron chi connectivity index (χ3n) is 1.72. The van der Waals surface area contributed by atoms with Gasteiger partial charge in [0.15, 0.2) is 0 Å². The summed E-state index contributed by atoms with van der Waals surface area (Å²) in [7, 11) is 0. The van der Waals surface area contributed by atoms with Crippen LogP contribution in [0.2, 0.25) is 0 Å². The Morgan fingerprint density at radius 3 is 2.67 bits per heavy atom. The fourth-order valence-corrected chi connectivity index (χ4v) is 0.962. The Labute approximate surface area is 87.4 Å². The molecule has 0 fully saturated rings. The van der Waals surface area contributed by atoms with Crippen LogP contribution in [0.25, 0.3) is 5.53 Å². The molecule has 0 aliphatic heterocycles. The van der Waals surface area contributed by atoms with E-state index in [1.807, 2.05) is 30.3 Å². The van der Waals surface area contributed by atoms with Gasteiger partial charge in [-0.15, -0.1) is 0 Å². The molecule has 0 aromatic heterocycles. The molecule has 0 aliphatic rings. The highest BCUT2D eigenvalue weighted by molar-refractivity contribution is 6.38. The molecule has 15 heavy (non-hydrogen) atoms. The Kier molecular flexibility index (Phi) is 4.01. The third-order valence-corrected chi connectivity index (χ3v) is 1.72. The Bertz CT molecular complexity index is 406. The van der Waals surface area contributed by atoms with Crippen LogP contribution in [0.1, 0.15) is 5.56 Å². The summed E-state index contributed by atoms with van der Waals surface area (Å²) in [6.45, 7) is 3.46. The van der Waals surface area contributed by atoms with Crippen molar-refractivity contribution in [1.82, 2.24) is 0 Å². The Morgan fingerprint density at radius 2 is 2.13 bits per heavy atom. The van der Waals surface area contributed by atoms with Gasteiger partial charge in [-0.3, -0.25) is 0 Å². The second kappa shape index (κ2) is 5.52. The topological polar surface area (TPSA) is 62.7 Å². The minimum atomic E-state index is -0.698. The summed E-state index contributed by atoms with van der Waals surface area (Å²) in [5, 5.41) is 0. The lowest BCUT2D eigenvalue weighted by Gasteiger charge is -2.00. The van der Waals surface area contributed by atoms with Crippen molar-refractivity contribution < 1.29 is 14.3 Å². The summed E-state index contributed by atoms with van der Waals surface area (Å²) in [6.07, 6.45) is 1.13. The molecule has 0 bridgehead atoms. The Hall–Kier alpha value is -2.19. The molecule has 0 heterocycles. The lowest BCUT2D eigenvalue weighted by Crippen LogP contribution is -2.15. The second-order valence-electron chi connectivity index (χ2n) is 2.75. The summed E-state index contributed by atoms with van der Waals surface area (Å²) in [5.74, 6) is -0.698. The molecule has 1 rings (SSSR count). The van der Waals surface area contributed by atoms with E-state index in [4.69, 9.17) is 10.3 Å². The monoisotopic (exact) mass is 202 g/mol. The van der Waals surface area contributed by atoms with Gasteiger partial charge in [-0.05, 0) is 5.56 Å². The summed E-state index contributed by atoms with van der Waals surface area (Å²) in [6, 6.07) is 9.22. The van der Waals surface area contributed by atoms with E-state index in [-0.39, 0.29) is 12.3 Å². The number of hydrogen-bond donors (Lipinski definition) is 0. The Morgan fingerprint density at radius 1 is 1.47 bits per heavy atom. The number of nitrogens with zero attached hydrogens (tertiary/aromatic N) is 2. The van der Waals surface area contributed by atoms with Crippen molar-refractivity contribution in [1.29, 1.82) is 0 Å². The first-order valence-electron chi connectivity index (χ1n) is 4.33. The SMILES string of the molecule is C=CC(=[N+]=[N-])C(=O)OCc1ccccc1. The van der Waals surface area contributed by atoms with Crippen LogP contribution in [0.5, 0.6) is 0 Å². The zero-order valence-corrected chi connectivity index (χ0v) is 8.09. The van der Waals surface area contributed by atoms with E-state index in [1.54, 1.807) is 0 Å². The molecular weight excluding hydrogens is 192 g/mol. The van der Waals surface area contributed by atoms with Gasteiger partial charge in [0.1, 0.15) is 6.61 Å². The fourth-order valence-electron chi connectivity index (χ4n) is 0.962. The first-order valence-corrected chi connectivity index (χ1v) is 4.33. The van der Waals surface area contributed by atoms with Gasteiger partial charge in [-0.25, -0.2) is 4.79 Å². The van der Waals surface area contributed by atoms with Crippen molar-refractivity contribution in [3.05, 3.63) is 54.1 Å². The first-order chi connectivity index (χ1) is 7.27. The normalized spacial score (nSPS) is 8.80. The lowest BCUT2D eigenvalue weighted by molar-refractivity contribution is -0.141. The van der Waals surface area contributed by atoms with E-state index in [2.05, 4.69) is 11.4 Å². The van der Waals surface area contributed by atoms with Crippen molar-refractivity contribution >= 4 is 11.7 Å². The van der Waals surface area contributed by atoms with Crippen LogP contribution in [0.15, 0.2) is 43.0 Å². The van der Waals surface area contributed by atoms with Crippen molar-refractivity contribution in [2.45, 2.75) is 6.61 Å². The standard InChI is InChI=1S/C11H10N2O2/c1-2-10(13-12)11(14)15-8-9-6-4-3-5-7-9/h2-7H,1,8H2. The van der Waals surface area contributed by atoms with Gasteiger partial charge in [-0.1, -0.05) is 36.9 Å². The van der Waals surface area contributed by atoms with Gasteiger partial charge in [0, 0.05) is 6.08 Å². The quantitative estimate of drug-likeness (QED) is 0.322. The van der Waals surface area contributed by atoms with Gasteiger partial charge in [-0.2, -0.15) is 4.79 Å². The van der Waals surface area contributed by atoms with Crippen LogP contribution in [0.4, 0.5) is 0 Å². The predicted octanol–water partition coefficient (Wildman–Crippen LogP) is 1.59. The van der Waals surface area contributed by atoms with Crippen molar-refractivity contribution in [2.24, 2.45) is 0 Å². The van der Waals surface area contributed by atoms with Crippen LogP contribution in [0, 0.1) is 0 Å². The molecule has 76 valence electrons. The number of hydrogen-bond acceptors (Lipinski definition) is 2. The Balaban J connectivity index is 2.55. The molecule has 1 aromatic carbocycles. The highest BCUT2D eigenvalue weighted by atomic mass is 16.5. The zero-order chi connectivity index (χ0) is 11.1. The minimum absolute atomic E-state index is 0.145. The van der Waals surface area contributed by atoms with Crippen molar-refractivity contribution in [3.63, 3.8) is 0 Å². The average molecular weight is 202 g/mol. The van der Waals surface area contributed by atoms with E-state index in [0.717, 1.165) is 11.6 Å². The molecular formula is C11H10N2O2. The van der Waals surface area contributed by atoms with Gasteiger partial charge in [0.05, 0.1) is 0 Å². The predicted molar refractivity (Wildman–Crippen MR) is 55.1 cm³/mol. The van der Waals surface area contributed by atoms with E-state index in [9.17, 15) is 4.79 Å². The maximum Gasteiger partial charge on any atom is 0.421 e. The summed E-state index contributed by atoms with van der Waals surface area (Å²) >= 11 is 0. The third kappa shape index (κ3) is 3.21. The molecule has 0 saturated heterocycles. The molecule has 4 heteroatoms. The number of ether oxygens (including phenoxy) is 1. The molecule has 0 aliphatic carbocycles. The molecule has 4 nitrogen and oxygen atoms in total. The molecule has 0 atom stereocenters. The maximum atomic E-state index is 11.2. The van der Waals surface area contributed by atoms with Crippen molar-refractivity contribution in [3.8, 4) is 0 Å². The van der Waals surface area contributed by atoms with Gasteiger partial charge in [0.25, 0.3) is 0 Å². The van der Waals surface area contributed by atoms with Crippen LogP contribution in [-0.2, 0) is 16.1 Å². The highest BCUT2D eigenvalue weighted by Crippen LogP contribution is 2.00. The molecule has 0 N–H and O–H groups in total. The molecule has 0 radical (unpaired) electrons. The largest absolute Gasteiger partial charge is 0.452 e. The second-order valence-corrected chi connectivity index (χ2v) is 2.75.